The van der Waals surface area contributed by atoms with Crippen molar-refractivity contribution in [1.82, 2.24) is 10.2 Å². The summed E-state index contributed by atoms with van der Waals surface area (Å²) in [5.74, 6) is 1.52. The van der Waals surface area contributed by atoms with Crippen molar-refractivity contribution in [2.24, 2.45) is 11.8 Å². The van der Waals surface area contributed by atoms with Crippen molar-refractivity contribution in [3.8, 4) is 0 Å². The molecule has 1 saturated heterocycles. The van der Waals surface area contributed by atoms with Gasteiger partial charge in [-0.25, -0.2) is 0 Å². The third-order valence-electron chi connectivity index (χ3n) is 5.54. The average molecular weight is 266 g/mol. The SMILES string of the molecule is CCC(C(C)C)N1CC2(CCCC2)NCC1C(C)C. The van der Waals surface area contributed by atoms with E-state index in [9.17, 15) is 0 Å². The lowest BCUT2D eigenvalue weighted by Gasteiger charge is -2.51. The first kappa shape index (κ1) is 15.3. The number of rotatable bonds is 4. The first-order valence-corrected chi connectivity index (χ1v) is 8.50. The Morgan fingerprint density at radius 1 is 1.16 bits per heavy atom. The fourth-order valence-electron chi connectivity index (χ4n) is 4.42. The van der Waals surface area contributed by atoms with Crippen molar-refractivity contribution < 1.29 is 0 Å². The molecule has 19 heavy (non-hydrogen) atoms. The summed E-state index contributed by atoms with van der Waals surface area (Å²) in [6.45, 7) is 14.4. The highest BCUT2D eigenvalue weighted by Gasteiger charge is 2.43. The van der Waals surface area contributed by atoms with Crippen molar-refractivity contribution in [2.45, 2.75) is 84.3 Å². The van der Waals surface area contributed by atoms with E-state index in [1.165, 1.54) is 45.2 Å². The highest BCUT2D eigenvalue weighted by Crippen LogP contribution is 2.36. The smallest absolute Gasteiger partial charge is 0.0309 e. The Hall–Kier alpha value is -0.0800. The molecule has 2 aliphatic rings. The number of piperazine rings is 1. The Bertz CT molecular complexity index is 269. The molecule has 1 aliphatic carbocycles. The second-order valence-electron chi connectivity index (χ2n) is 7.57. The fraction of sp³-hybridized carbons (Fsp3) is 1.00. The third-order valence-corrected chi connectivity index (χ3v) is 5.54. The van der Waals surface area contributed by atoms with Crippen molar-refractivity contribution in [3.63, 3.8) is 0 Å². The molecular weight excluding hydrogens is 232 g/mol. The quantitative estimate of drug-likeness (QED) is 0.835. The van der Waals surface area contributed by atoms with Crippen LogP contribution in [0.4, 0.5) is 0 Å². The van der Waals surface area contributed by atoms with E-state index in [-0.39, 0.29) is 0 Å². The van der Waals surface area contributed by atoms with Gasteiger partial charge in [-0.1, -0.05) is 47.5 Å². The predicted molar refractivity (Wildman–Crippen MR) is 83.5 cm³/mol. The van der Waals surface area contributed by atoms with E-state index in [0.717, 1.165) is 23.9 Å². The van der Waals surface area contributed by atoms with Crippen LogP contribution in [0, 0.1) is 11.8 Å². The minimum atomic E-state index is 0.452. The second kappa shape index (κ2) is 6.13. The van der Waals surface area contributed by atoms with Crippen LogP contribution in [0.3, 0.4) is 0 Å². The molecule has 0 aromatic rings. The zero-order valence-electron chi connectivity index (χ0n) is 13.7. The number of nitrogens with zero attached hydrogens (tertiary/aromatic N) is 1. The Morgan fingerprint density at radius 3 is 2.26 bits per heavy atom. The summed E-state index contributed by atoms with van der Waals surface area (Å²) in [5.41, 5.74) is 0.452. The van der Waals surface area contributed by atoms with Crippen LogP contribution in [-0.2, 0) is 0 Å². The topological polar surface area (TPSA) is 15.3 Å². The number of hydrogen-bond donors (Lipinski definition) is 1. The normalized spacial score (nSPS) is 29.5. The Kier molecular flexibility index (Phi) is 4.94. The summed E-state index contributed by atoms with van der Waals surface area (Å²) in [5, 5.41) is 3.93. The molecule has 2 nitrogen and oxygen atoms in total. The fourth-order valence-corrected chi connectivity index (χ4v) is 4.42. The van der Waals surface area contributed by atoms with Crippen molar-refractivity contribution in [1.29, 1.82) is 0 Å². The van der Waals surface area contributed by atoms with Gasteiger partial charge in [0.2, 0.25) is 0 Å². The van der Waals surface area contributed by atoms with Crippen LogP contribution in [0.25, 0.3) is 0 Å². The summed E-state index contributed by atoms with van der Waals surface area (Å²) in [6, 6.07) is 1.48. The maximum absolute atomic E-state index is 3.93. The van der Waals surface area contributed by atoms with E-state index >= 15 is 0 Å². The molecule has 1 N–H and O–H groups in total. The molecule has 2 heteroatoms. The van der Waals surface area contributed by atoms with Gasteiger partial charge in [0, 0.05) is 30.7 Å². The van der Waals surface area contributed by atoms with Crippen molar-refractivity contribution in [3.05, 3.63) is 0 Å². The van der Waals surface area contributed by atoms with Gasteiger partial charge in [0.1, 0.15) is 0 Å². The monoisotopic (exact) mass is 266 g/mol. The van der Waals surface area contributed by atoms with E-state index in [1.807, 2.05) is 0 Å². The van der Waals surface area contributed by atoms with Crippen molar-refractivity contribution >= 4 is 0 Å². The minimum Gasteiger partial charge on any atom is -0.308 e. The maximum Gasteiger partial charge on any atom is 0.0309 e. The van der Waals surface area contributed by atoms with E-state index in [2.05, 4.69) is 44.8 Å². The average Bonchev–Trinajstić information content (AvgIpc) is 2.77. The van der Waals surface area contributed by atoms with Crippen molar-refractivity contribution in [2.75, 3.05) is 13.1 Å². The number of hydrogen-bond acceptors (Lipinski definition) is 2. The lowest BCUT2D eigenvalue weighted by molar-refractivity contribution is 0.00476. The molecule has 2 unspecified atom stereocenters. The maximum atomic E-state index is 3.93. The molecule has 2 atom stereocenters. The van der Waals surface area contributed by atoms with Gasteiger partial charge in [-0.2, -0.15) is 0 Å². The third kappa shape index (κ3) is 3.16. The minimum absolute atomic E-state index is 0.452. The Morgan fingerprint density at radius 2 is 1.79 bits per heavy atom. The first-order valence-electron chi connectivity index (χ1n) is 8.50. The molecule has 0 bridgehead atoms. The molecule has 0 radical (unpaired) electrons. The summed E-state index contributed by atoms with van der Waals surface area (Å²) in [6.07, 6.45) is 6.92. The molecule has 2 rings (SSSR count). The lowest BCUT2D eigenvalue weighted by atomic mass is 9.85. The molecule has 1 heterocycles. The van der Waals surface area contributed by atoms with Gasteiger partial charge in [0.05, 0.1) is 0 Å². The highest BCUT2D eigenvalue weighted by atomic mass is 15.3. The molecule has 1 saturated carbocycles. The molecule has 0 aromatic heterocycles. The predicted octanol–water partition coefficient (Wildman–Crippen LogP) is 3.66. The van der Waals surface area contributed by atoms with Gasteiger partial charge in [-0.05, 0) is 31.1 Å². The largest absolute Gasteiger partial charge is 0.308 e. The van der Waals surface area contributed by atoms with Gasteiger partial charge in [-0.3, -0.25) is 4.90 Å². The van der Waals surface area contributed by atoms with Gasteiger partial charge in [0.15, 0.2) is 0 Å². The van der Waals surface area contributed by atoms with Crippen LogP contribution in [0.2, 0.25) is 0 Å². The van der Waals surface area contributed by atoms with E-state index in [0.29, 0.717) is 5.54 Å². The Balaban J connectivity index is 2.16. The van der Waals surface area contributed by atoms with E-state index in [1.54, 1.807) is 0 Å². The van der Waals surface area contributed by atoms with Crippen LogP contribution in [0.15, 0.2) is 0 Å². The molecule has 0 amide bonds. The summed E-state index contributed by atoms with van der Waals surface area (Å²) in [4.78, 5) is 2.87. The standard InChI is InChI=1S/C17H34N2/c1-6-15(13(2)3)19-12-17(9-7-8-10-17)18-11-16(19)14(4)5/h13-16,18H,6-12H2,1-5H3. The van der Waals surface area contributed by atoms with Crippen LogP contribution in [0.1, 0.15) is 66.7 Å². The van der Waals surface area contributed by atoms with Gasteiger partial charge in [-0.15, -0.1) is 0 Å². The molecule has 0 aromatic carbocycles. The molecule has 112 valence electrons. The summed E-state index contributed by atoms with van der Waals surface area (Å²) < 4.78 is 0. The highest BCUT2D eigenvalue weighted by molar-refractivity contribution is 5.03. The van der Waals surface area contributed by atoms with Crippen LogP contribution in [-0.4, -0.2) is 35.6 Å². The van der Waals surface area contributed by atoms with E-state index in [4.69, 9.17) is 0 Å². The second-order valence-corrected chi connectivity index (χ2v) is 7.57. The summed E-state index contributed by atoms with van der Waals surface area (Å²) >= 11 is 0. The van der Waals surface area contributed by atoms with Gasteiger partial charge < -0.3 is 5.32 Å². The lowest BCUT2D eigenvalue weighted by Crippen LogP contribution is -2.67. The van der Waals surface area contributed by atoms with E-state index < -0.39 is 0 Å². The van der Waals surface area contributed by atoms with Crippen LogP contribution < -0.4 is 5.32 Å². The summed E-state index contributed by atoms with van der Waals surface area (Å²) in [7, 11) is 0. The van der Waals surface area contributed by atoms with Gasteiger partial charge >= 0.3 is 0 Å². The molecule has 1 aliphatic heterocycles. The first-order chi connectivity index (χ1) is 8.99. The Labute approximate surface area is 120 Å². The molecule has 1 spiro atoms. The zero-order chi connectivity index (χ0) is 14.0. The van der Waals surface area contributed by atoms with Crippen LogP contribution in [0.5, 0.6) is 0 Å². The zero-order valence-corrected chi connectivity index (χ0v) is 13.7. The van der Waals surface area contributed by atoms with Gasteiger partial charge in [0.25, 0.3) is 0 Å². The van der Waals surface area contributed by atoms with Crippen LogP contribution >= 0.6 is 0 Å². The molecule has 2 fully saturated rings. The number of nitrogens with one attached hydrogen (secondary N) is 1. The molecular formula is C17H34N2.